The topological polar surface area (TPSA) is 68.3 Å². The van der Waals surface area contributed by atoms with Crippen LogP contribution in [0.2, 0.25) is 0 Å². The maximum Gasteiger partial charge on any atom is 0.135 e. The molecule has 0 aliphatic rings. The van der Waals surface area contributed by atoms with E-state index in [4.69, 9.17) is 9.47 Å². The van der Waals surface area contributed by atoms with Crippen molar-refractivity contribution in [2.45, 2.75) is 13.0 Å². The van der Waals surface area contributed by atoms with Gasteiger partial charge in [-0.1, -0.05) is 30.3 Å². The van der Waals surface area contributed by atoms with Crippen molar-refractivity contribution in [3.8, 4) is 5.75 Å². The summed E-state index contributed by atoms with van der Waals surface area (Å²) in [6, 6.07) is 19.8. The fraction of sp³-hybridized carbons (Fsp3) is 0.238. The Kier molecular flexibility index (Phi) is 7.00. The number of benzene rings is 2. The standard InChI is InChI=1S/C21H24N4O2/c1-26-13-5-12-22-20-14-21(24-16-23-20)25-18-8-10-19(11-9-18)27-15-17-6-3-2-4-7-17/h2-4,6-11,14,16H,5,12-13,15H2,1H3,(H2,22,23,24,25). The molecule has 0 amide bonds. The highest BCUT2D eigenvalue weighted by Crippen LogP contribution is 2.20. The molecule has 1 heterocycles. The summed E-state index contributed by atoms with van der Waals surface area (Å²) in [6.07, 6.45) is 2.46. The van der Waals surface area contributed by atoms with Gasteiger partial charge in [-0.3, -0.25) is 0 Å². The van der Waals surface area contributed by atoms with Crippen molar-refractivity contribution < 1.29 is 9.47 Å². The van der Waals surface area contributed by atoms with Gasteiger partial charge >= 0.3 is 0 Å². The molecule has 0 fully saturated rings. The second-order valence-corrected chi connectivity index (χ2v) is 5.99. The van der Waals surface area contributed by atoms with E-state index in [9.17, 15) is 0 Å². The molecule has 2 N–H and O–H groups in total. The van der Waals surface area contributed by atoms with E-state index in [1.54, 1.807) is 13.4 Å². The lowest BCUT2D eigenvalue weighted by molar-refractivity contribution is 0.198. The Hall–Kier alpha value is -3.12. The van der Waals surface area contributed by atoms with Crippen molar-refractivity contribution in [2.24, 2.45) is 0 Å². The smallest absolute Gasteiger partial charge is 0.135 e. The molecular formula is C21H24N4O2. The molecule has 0 aliphatic carbocycles. The Bertz CT molecular complexity index is 810. The van der Waals surface area contributed by atoms with E-state index in [1.807, 2.05) is 60.7 Å². The van der Waals surface area contributed by atoms with E-state index < -0.39 is 0 Å². The summed E-state index contributed by atoms with van der Waals surface area (Å²) in [5.74, 6) is 2.34. The van der Waals surface area contributed by atoms with Crippen molar-refractivity contribution in [1.29, 1.82) is 0 Å². The maximum atomic E-state index is 5.81. The van der Waals surface area contributed by atoms with Crippen molar-refractivity contribution in [3.63, 3.8) is 0 Å². The van der Waals surface area contributed by atoms with Crippen molar-refractivity contribution in [1.82, 2.24) is 9.97 Å². The Morgan fingerprint density at radius 3 is 2.48 bits per heavy atom. The van der Waals surface area contributed by atoms with Gasteiger partial charge in [0, 0.05) is 32.0 Å². The predicted octanol–water partition coefficient (Wildman–Crippen LogP) is 4.25. The lowest BCUT2D eigenvalue weighted by Crippen LogP contribution is -2.06. The fourth-order valence-corrected chi connectivity index (χ4v) is 2.48. The quantitative estimate of drug-likeness (QED) is 0.524. The number of hydrogen-bond donors (Lipinski definition) is 2. The monoisotopic (exact) mass is 364 g/mol. The first-order valence-corrected chi connectivity index (χ1v) is 8.92. The van der Waals surface area contributed by atoms with Gasteiger partial charge in [0.25, 0.3) is 0 Å². The lowest BCUT2D eigenvalue weighted by atomic mass is 10.2. The Balaban J connectivity index is 1.52. The molecule has 0 bridgehead atoms. The van der Waals surface area contributed by atoms with Gasteiger partial charge in [0.1, 0.15) is 30.3 Å². The largest absolute Gasteiger partial charge is 0.489 e. The van der Waals surface area contributed by atoms with Crippen LogP contribution in [0.5, 0.6) is 5.75 Å². The minimum atomic E-state index is 0.553. The minimum Gasteiger partial charge on any atom is -0.489 e. The van der Waals surface area contributed by atoms with Crippen molar-refractivity contribution in [3.05, 3.63) is 72.6 Å². The van der Waals surface area contributed by atoms with Gasteiger partial charge in [-0.25, -0.2) is 9.97 Å². The maximum absolute atomic E-state index is 5.81. The first-order chi connectivity index (χ1) is 13.3. The van der Waals surface area contributed by atoms with Crippen LogP contribution < -0.4 is 15.4 Å². The third-order valence-electron chi connectivity index (χ3n) is 3.87. The van der Waals surface area contributed by atoms with Crippen LogP contribution in [0.4, 0.5) is 17.3 Å². The second kappa shape index (κ2) is 10.1. The lowest BCUT2D eigenvalue weighted by Gasteiger charge is -2.10. The number of methoxy groups -OCH3 is 1. The molecule has 3 rings (SSSR count). The van der Waals surface area contributed by atoms with Gasteiger partial charge in [0.2, 0.25) is 0 Å². The number of rotatable bonds is 10. The number of ether oxygens (including phenoxy) is 2. The fourth-order valence-electron chi connectivity index (χ4n) is 2.48. The molecule has 0 aliphatic heterocycles. The Morgan fingerprint density at radius 2 is 1.70 bits per heavy atom. The molecular weight excluding hydrogens is 340 g/mol. The van der Waals surface area contributed by atoms with Crippen LogP contribution in [0.15, 0.2) is 67.0 Å². The summed E-state index contributed by atoms with van der Waals surface area (Å²) in [4.78, 5) is 8.48. The summed E-state index contributed by atoms with van der Waals surface area (Å²) >= 11 is 0. The summed E-state index contributed by atoms with van der Waals surface area (Å²) < 4.78 is 10.8. The summed E-state index contributed by atoms with van der Waals surface area (Å²) in [5.41, 5.74) is 2.08. The molecule has 6 nitrogen and oxygen atoms in total. The van der Waals surface area contributed by atoms with Gasteiger partial charge < -0.3 is 20.1 Å². The number of nitrogens with one attached hydrogen (secondary N) is 2. The third kappa shape index (κ3) is 6.27. The highest BCUT2D eigenvalue weighted by molar-refractivity contribution is 5.59. The number of aromatic nitrogens is 2. The minimum absolute atomic E-state index is 0.553. The Morgan fingerprint density at radius 1 is 0.926 bits per heavy atom. The zero-order valence-electron chi connectivity index (χ0n) is 15.4. The average molecular weight is 364 g/mol. The van der Waals surface area contributed by atoms with Gasteiger partial charge in [0.05, 0.1) is 0 Å². The van der Waals surface area contributed by atoms with Gasteiger partial charge in [-0.05, 0) is 36.2 Å². The zero-order chi connectivity index (χ0) is 18.7. The SMILES string of the molecule is COCCCNc1cc(Nc2ccc(OCc3ccccc3)cc2)ncn1. The third-order valence-corrected chi connectivity index (χ3v) is 3.87. The molecule has 3 aromatic rings. The van der Waals surface area contributed by atoms with Crippen LogP contribution in [0.25, 0.3) is 0 Å². The molecule has 27 heavy (non-hydrogen) atoms. The zero-order valence-corrected chi connectivity index (χ0v) is 15.4. The van der Waals surface area contributed by atoms with Crippen LogP contribution in [0.3, 0.4) is 0 Å². The molecule has 0 saturated heterocycles. The van der Waals surface area contributed by atoms with Crippen LogP contribution in [0, 0.1) is 0 Å². The molecule has 0 unspecified atom stereocenters. The molecule has 2 aromatic carbocycles. The van der Waals surface area contributed by atoms with E-state index >= 15 is 0 Å². The van der Waals surface area contributed by atoms with E-state index in [0.717, 1.165) is 48.2 Å². The highest BCUT2D eigenvalue weighted by atomic mass is 16.5. The summed E-state index contributed by atoms with van der Waals surface area (Å²) in [5, 5.41) is 6.53. The van der Waals surface area contributed by atoms with E-state index in [0.29, 0.717) is 6.61 Å². The van der Waals surface area contributed by atoms with Gasteiger partial charge in [0.15, 0.2) is 0 Å². The summed E-state index contributed by atoms with van der Waals surface area (Å²) in [7, 11) is 1.70. The van der Waals surface area contributed by atoms with Gasteiger partial charge in [-0.2, -0.15) is 0 Å². The molecule has 140 valence electrons. The summed E-state index contributed by atoms with van der Waals surface area (Å²) in [6.45, 7) is 2.08. The highest BCUT2D eigenvalue weighted by Gasteiger charge is 2.01. The number of anilines is 3. The first-order valence-electron chi connectivity index (χ1n) is 8.92. The molecule has 0 atom stereocenters. The van der Waals surface area contributed by atoms with E-state index in [1.165, 1.54) is 0 Å². The van der Waals surface area contributed by atoms with E-state index in [2.05, 4.69) is 20.6 Å². The van der Waals surface area contributed by atoms with Crippen LogP contribution >= 0.6 is 0 Å². The first kappa shape index (κ1) is 18.7. The molecule has 6 heteroatoms. The van der Waals surface area contributed by atoms with Crippen LogP contribution in [-0.2, 0) is 11.3 Å². The number of nitrogens with zero attached hydrogens (tertiary/aromatic N) is 2. The average Bonchev–Trinajstić information content (AvgIpc) is 2.72. The predicted molar refractivity (Wildman–Crippen MR) is 108 cm³/mol. The van der Waals surface area contributed by atoms with Crippen LogP contribution in [-0.4, -0.2) is 30.2 Å². The van der Waals surface area contributed by atoms with Crippen molar-refractivity contribution in [2.75, 3.05) is 30.9 Å². The Labute approximate surface area is 159 Å². The molecule has 0 saturated carbocycles. The number of hydrogen-bond acceptors (Lipinski definition) is 6. The van der Waals surface area contributed by atoms with Crippen molar-refractivity contribution >= 4 is 17.3 Å². The molecule has 0 radical (unpaired) electrons. The molecule has 0 spiro atoms. The van der Waals surface area contributed by atoms with Crippen LogP contribution in [0.1, 0.15) is 12.0 Å². The van der Waals surface area contributed by atoms with Gasteiger partial charge in [-0.15, -0.1) is 0 Å². The molecule has 1 aromatic heterocycles. The normalized spacial score (nSPS) is 10.4. The van der Waals surface area contributed by atoms with E-state index in [-0.39, 0.29) is 0 Å². The second-order valence-electron chi connectivity index (χ2n) is 5.99.